The van der Waals surface area contributed by atoms with E-state index < -0.39 is 0 Å². The molecule has 0 unspecified atom stereocenters. The molecule has 4 heteroatoms. The summed E-state index contributed by atoms with van der Waals surface area (Å²) in [5, 5.41) is 0. The topological polar surface area (TPSA) is 46.3 Å². The van der Waals surface area contributed by atoms with Crippen molar-refractivity contribution < 1.29 is 9.18 Å². The third kappa shape index (κ3) is 2.04. The van der Waals surface area contributed by atoms with E-state index in [1.54, 1.807) is 24.1 Å². The second-order valence-corrected chi connectivity index (χ2v) is 5.81. The summed E-state index contributed by atoms with van der Waals surface area (Å²) in [5.41, 5.74) is 6.92. The molecule has 2 fully saturated rings. The minimum atomic E-state index is -0.291. The highest BCUT2D eigenvalue weighted by molar-refractivity contribution is 5.95. The van der Waals surface area contributed by atoms with Crippen LogP contribution in [0.4, 0.5) is 10.1 Å². The Kier molecular flexibility index (Phi) is 3.05. The number of carbonyl (C=O) groups is 1. The summed E-state index contributed by atoms with van der Waals surface area (Å²) in [6.45, 7) is 0. The molecule has 102 valence electrons. The lowest BCUT2D eigenvalue weighted by atomic mass is 9.84. The van der Waals surface area contributed by atoms with Crippen LogP contribution in [-0.2, 0) is 4.79 Å². The minimum absolute atomic E-state index is 0.00542. The van der Waals surface area contributed by atoms with Crippen LogP contribution in [0.5, 0.6) is 0 Å². The molecule has 1 amide bonds. The molecule has 0 saturated heterocycles. The molecule has 2 bridgehead atoms. The molecular weight excluding hydrogens is 243 g/mol. The summed E-state index contributed by atoms with van der Waals surface area (Å²) in [6.07, 6.45) is 3.37. The number of hydrogen-bond donors (Lipinski definition) is 1. The van der Waals surface area contributed by atoms with Crippen molar-refractivity contribution in [1.82, 2.24) is 0 Å². The molecule has 3 nitrogen and oxygen atoms in total. The molecule has 19 heavy (non-hydrogen) atoms. The summed E-state index contributed by atoms with van der Waals surface area (Å²) < 4.78 is 12.9. The van der Waals surface area contributed by atoms with E-state index >= 15 is 0 Å². The lowest BCUT2D eigenvalue weighted by molar-refractivity contribution is -0.124. The number of anilines is 1. The van der Waals surface area contributed by atoms with Crippen LogP contribution in [0, 0.1) is 23.6 Å². The van der Waals surface area contributed by atoms with Crippen molar-refractivity contribution in [1.29, 1.82) is 0 Å². The van der Waals surface area contributed by atoms with Gasteiger partial charge in [0.15, 0.2) is 0 Å². The normalized spacial score (nSPS) is 32.6. The third-order valence-electron chi connectivity index (χ3n) is 4.81. The van der Waals surface area contributed by atoms with Gasteiger partial charge in [-0.1, -0.05) is 0 Å². The van der Waals surface area contributed by atoms with Crippen molar-refractivity contribution in [2.45, 2.75) is 25.3 Å². The predicted octanol–water partition coefficient (Wildman–Crippen LogP) is 2.16. The highest BCUT2D eigenvalue weighted by Gasteiger charge is 2.49. The van der Waals surface area contributed by atoms with Gasteiger partial charge in [0.25, 0.3) is 0 Å². The Morgan fingerprint density at radius 3 is 2.47 bits per heavy atom. The number of hydrogen-bond acceptors (Lipinski definition) is 2. The number of benzene rings is 1. The van der Waals surface area contributed by atoms with Crippen LogP contribution in [0.1, 0.15) is 19.3 Å². The van der Waals surface area contributed by atoms with E-state index in [9.17, 15) is 9.18 Å². The molecule has 0 aliphatic heterocycles. The molecule has 3 rings (SSSR count). The zero-order chi connectivity index (χ0) is 13.6. The van der Waals surface area contributed by atoms with Crippen molar-refractivity contribution >= 4 is 11.6 Å². The number of nitrogens with two attached hydrogens (primary N) is 1. The van der Waals surface area contributed by atoms with E-state index in [0.29, 0.717) is 11.8 Å². The molecule has 2 aliphatic carbocycles. The van der Waals surface area contributed by atoms with Gasteiger partial charge in [0, 0.05) is 18.8 Å². The summed E-state index contributed by atoms with van der Waals surface area (Å²) in [5.74, 6) is 0.678. The number of nitrogens with zero attached hydrogens (tertiary/aromatic N) is 1. The van der Waals surface area contributed by atoms with Crippen molar-refractivity contribution in [3.05, 3.63) is 30.1 Å². The van der Waals surface area contributed by atoms with Gasteiger partial charge in [-0.15, -0.1) is 0 Å². The van der Waals surface area contributed by atoms with Crippen LogP contribution in [0.25, 0.3) is 0 Å². The second-order valence-electron chi connectivity index (χ2n) is 5.81. The van der Waals surface area contributed by atoms with Crippen molar-refractivity contribution in [2.75, 3.05) is 11.9 Å². The zero-order valence-corrected chi connectivity index (χ0v) is 11.1. The highest BCUT2D eigenvalue weighted by Crippen LogP contribution is 2.48. The summed E-state index contributed by atoms with van der Waals surface area (Å²) in [6, 6.07) is 6.01. The number of fused-ring (bicyclic) bond motifs is 2. The van der Waals surface area contributed by atoms with Crippen LogP contribution in [0.2, 0.25) is 0 Å². The molecule has 0 radical (unpaired) electrons. The standard InChI is InChI=1S/C15H19FN2O/c1-18(12-6-4-11(16)5-7-12)15(19)13-9-2-3-10(8-9)14(13)17/h4-7,9-10,13-14H,2-3,8,17H2,1H3/t9-,10-,13-,14-/m0/s1. The lowest BCUT2D eigenvalue weighted by Crippen LogP contribution is -2.46. The van der Waals surface area contributed by atoms with E-state index in [2.05, 4.69) is 0 Å². The highest BCUT2D eigenvalue weighted by atomic mass is 19.1. The van der Waals surface area contributed by atoms with E-state index in [0.717, 1.165) is 24.9 Å². The molecule has 2 saturated carbocycles. The smallest absolute Gasteiger partial charge is 0.231 e. The van der Waals surface area contributed by atoms with Crippen molar-refractivity contribution in [3.8, 4) is 0 Å². The first kappa shape index (κ1) is 12.6. The average molecular weight is 262 g/mol. The molecule has 1 aromatic rings. The lowest BCUT2D eigenvalue weighted by Gasteiger charge is -2.30. The maximum Gasteiger partial charge on any atom is 0.231 e. The fraction of sp³-hybridized carbons (Fsp3) is 0.533. The molecule has 2 aliphatic rings. The van der Waals surface area contributed by atoms with E-state index in [1.165, 1.54) is 12.1 Å². The first-order valence-electron chi connectivity index (χ1n) is 6.86. The van der Waals surface area contributed by atoms with Gasteiger partial charge in [0.05, 0.1) is 5.92 Å². The Morgan fingerprint density at radius 1 is 1.26 bits per heavy atom. The van der Waals surface area contributed by atoms with E-state index in [-0.39, 0.29) is 23.7 Å². The molecule has 1 aromatic carbocycles. The Labute approximate surface area is 112 Å². The Bertz CT molecular complexity index is 485. The second kappa shape index (κ2) is 4.60. The van der Waals surface area contributed by atoms with Gasteiger partial charge in [-0.05, 0) is 55.4 Å². The van der Waals surface area contributed by atoms with E-state index in [4.69, 9.17) is 5.73 Å². The van der Waals surface area contributed by atoms with Gasteiger partial charge in [-0.3, -0.25) is 4.79 Å². The molecule has 2 N–H and O–H groups in total. The van der Waals surface area contributed by atoms with Crippen LogP contribution < -0.4 is 10.6 Å². The quantitative estimate of drug-likeness (QED) is 0.887. The number of halogens is 1. The number of carbonyl (C=O) groups excluding carboxylic acids is 1. The van der Waals surface area contributed by atoms with Gasteiger partial charge in [0.2, 0.25) is 5.91 Å². The zero-order valence-electron chi connectivity index (χ0n) is 11.1. The van der Waals surface area contributed by atoms with E-state index in [1.807, 2.05) is 0 Å². The van der Waals surface area contributed by atoms with Gasteiger partial charge in [0.1, 0.15) is 5.82 Å². The SMILES string of the molecule is CN(C(=O)[C@H]1[C@H]2CC[C@@H](C2)[C@@H]1N)c1ccc(F)cc1. The summed E-state index contributed by atoms with van der Waals surface area (Å²) >= 11 is 0. The number of rotatable bonds is 2. The molecule has 0 spiro atoms. The first-order chi connectivity index (χ1) is 9.08. The summed E-state index contributed by atoms with van der Waals surface area (Å²) in [7, 11) is 1.74. The van der Waals surface area contributed by atoms with Gasteiger partial charge >= 0.3 is 0 Å². The van der Waals surface area contributed by atoms with Gasteiger partial charge in [-0.2, -0.15) is 0 Å². The van der Waals surface area contributed by atoms with Crippen LogP contribution >= 0.6 is 0 Å². The monoisotopic (exact) mass is 262 g/mol. The Balaban J connectivity index is 1.78. The molecule has 0 aromatic heterocycles. The van der Waals surface area contributed by atoms with Crippen LogP contribution in [0.15, 0.2) is 24.3 Å². The predicted molar refractivity (Wildman–Crippen MR) is 72.1 cm³/mol. The van der Waals surface area contributed by atoms with Gasteiger partial charge < -0.3 is 10.6 Å². The Hall–Kier alpha value is -1.42. The first-order valence-corrected chi connectivity index (χ1v) is 6.86. The van der Waals surface area contributed by atoms with Crippen molar-refractivity contribution in [2.24, 2.45) is 23.5 Å². The number of amides is 1. The average Bonchev–Trinajstić information content (AvgIpc) is 2.99. The molecule has 4 atom stereocenters. The largest absolute Gasteiger partial charge is 0.327 e. The third-order valence-corrected chi connectivity index (χ3v) is 4.81. The maximum absolute atomic E-state index is 12.9. The minimum Gasteiger partial charge on any atom is -0.327 e. The van der Waals surface area contributed by atoms with Gasteiger partial charge in [-0.25, -0.2) is 4.39 Å². The van der Waals surface area contributed by atoms with Crippen LogP contribution in [0.3, 0.4) is 0 Å². The van der Waals surface area contributed by atoms with Crippen LogP contribution in [-0.4, -0.2) is 19.0 Å². The Morgan fingerprint density at radius 2 is 1.89 bits per heavy atom. The molecular formula is C15H19FN2O. The fourth-order valence-corrected chi connectivity index (χ4v) is 3.72. The summed E-state index contributed by atoms with van der Waals surface area (Å²) in [4.78, 5) is 14.2. The van der Waals surface area contributed by atoms with Crippen molar-refractivity contribution in [3.63, 3.8) is 0 Å². The molecule has 0 heterocycles. The maximum atomic E-state index is 12.9. The fourth-order valence-electron chi connectivity index (χ4n) is 3.72.